The summed E-state index contributed by atoms with van der Waals surface area (Å²) in [6.07, 6.45) is 8.37. The Kier molecular flexibility index (Phi) is 1.67. The van der Waals surface area contributed by atoms with Gasteiger partial charge in [0.2, 0.25) is 11.8 Å². The zero-order chi connectivity index (χ0) is 10.6. The zero-order valence-corrected chi connectivity index (χ0v) is 8.59. The van der Waals surface area contributed by atoms with Gasteiger partial charge in [-0.2, -0.15) is 0 Å². The van der Waals surface area contributed by atoms with Gasteiger partial charge in [0.15, 0.2) is 0 Å². The molecule has 3 nitrogen and oxygen atoms in total. The second kappa shape index (κ2) is 2.81. The van der Waals surface area contributed by atoms with E-state index in [4.69, 9.17) is 0 Å². The molecule has 2 amide bonds. The SMILES string of the molecule is C[C@@H]1CC1N1C(=O)C2C=CC=CC2C1=O. The topological polar surface area (TPSA) is 37.4 Å². The maximum atomic E-state index is 12.0. The molecule has 1 aliphatic heterocycles. The first-order valence-corrected chi connectivity index (χ1v) is 5.42. The molecule has 15 heavy (non-hydrogen) atoms. The molecule has 2 fully saturated rings. The van der Waals surface area contributed by atoms with E-state index in [1.54, 1.807) is 0 Å². The third-order valence-corrected chi connectivity index (χ3v) is 3.58. The van der Waals surface area contributed by atoms with Gasteiger partial charge in [-0.1, -0.05) is 31.2 Å². The third kappa shape index (κ3) is 1.12. The lowest BCUT2D eigenvalue weighted by molar-refractivity contribution is -0.140. The summed E-state index contributed by atoms with van der Waals surface area (Å²) in [5, 5.41) is 0. The van der Waals surface area contributed by atoms with Crippen LogP contribution < -0.4 is 0 Å². The number of imide groups is 1. The Morgan fingerprint density at radius 3 is 2.00 bits per heavy atom. The minimum absolute atomic E-state index is 0.0000463. The number of fused-ring (bicyclic) bond motifs is 1. The quantitative estimate of drug-likeness (QED) is 0.599. The van der Waals surface area contributed by atoms with Crippen LogP contribution in [0.25, 0.3) is 0 Å². The number of hydrogen-bond donors (Lipinski definition) is 0. The molecular weight excluding hydrogens is 190 g/mol. The minimum atomic E-state index is -0.227. The molecule has 2 aliphatic carbocycles. The van der Waals surface area contributed by atoms with Gasteiger partial charge in [-0.25, -0.2) is 0 Å². The van der Waals surface area contributed by atoms with Crippen molar-refractivity contribution in [3.8, 4) is 0 Å². The number of carbonyl (C=O) groups excluding carboxylic acids is 2. The molecule has 3 heteroatoms. The first kappa shape index (κ1) is 8.89. The second-order valence-corrected chi connectivity index (χ2v) is 4.65. The van der Waals surface area contributed by atoms with Crippen LogP contribution in [0.4, 0.5) is 0 Å². The Hall–Kier alpha value is -1.38. The minimum Gasteiger partial charge on any atom is -0.278 e. The van der Waals surface area contributed by atoms with Gasteiger partial charge in [-0.3, -0.25) is 14.5 Å². The monoisotopic (exact) mass is 203 g/mol. The van der Waals surface area contributed by atoms with Crippen molar-refractivity contribution >= 4 is 11.8 Å². The van der Waals surface area contributed by atoms with E-state index >= 15 is 0 Å². The molecule has 0 spiro atoms. The fraction of sp³-hybridized carbons (Fsp3) is 0.500. The molecule has 1 saturated heterocycles. The fourth-order valence-electron chi connectivity index (χ4n) is 2.50. The number of likely N-dealkylation sites (tertiary alicyclic amines) is 1. The summed E-state index contributed by atoms with van der Waals surface area (Å²) in [6, 6.07) is 0.178. The van der Waals surface area contributed by atoms with Crippen molar-refractivity contribution in [2.75, 3.05) is 0 Å². The van der Waals surface area contributed by atoms with Crippen molar-refractivity contribution < 1.29 is 9.59 Å². The lowest BCUT2D eigenvalue weighted by Gasteiger charge is -2.13. The highest BCUT2D eigenvalue weighted by molar-refractivity contribution is 6.07. The van der Waals surface area contributed by atoms with Crippen LogP contribution in [0.5, 0.6) is 0 Å². The van der Waals surface area contributed by atoms with Gasteiger partial charge in [0.1, 0.15) is 0 Å². The molecule has 1 saturated carbocycles. The van der Waals surface area contributed by atoms with Gasteiger partial charge in [-0.15, -0.1) is 0 Å². The standard InChI is InChI=1S/C12H13NO2/c1-7-6-10(7)13-11(14)8-4-2-3-5-9(8)12(13)15/h2-5,7-10H,6H2,1H3/t7-,8?,9?,10?/m1/s1. The highest BCUT2D eigenvalue weighted by atomic mass is 16.2. The second-order valence-electron chi connectivity index (χ2n) is 4.65. The van der Waals surface area contributed by atoms with Crippen molar-refractivity contribution in [2.24, 2.45) is 17.8 Å². The molecule has 0 aromatic rings. The predicted octanol–water partition coefficient (Wildman–Crippen LogP) is 1.12. The van der Waals surface area contributed by atoms with Crippen LogP contribution in [-0.4, -0.2) is 22.8 Å². The highest BCUT2D eigenvalue weighted by Gasteiger charge is 2.53. The molecule has 1 heterocycles. The zero-order valence-electron chi connectivity index (χ0n) is 8.59. The molecule has 0 radical (unpaired) electrons. The summed E-state index contributed by atoms with van der Waals surface area (Å²) < 4.78 is 0. The van der Waals surface area contributed by atoms with Gasteiger partial charge in [0.25, 0.3) is 0 Å². The van der Waals surface area contributed by atoms with Crippen LogP contribution in [0.1, 0.15) is 13.3 Å². The summed E-state index contributed by atoms with van der Waals surface area (Å²) in [4.78, 5) is 25.5. The number of hydrogen-bond acceptors (Lipinski definition) is 2. The molecule has 0 aromatic carbocycles. The normalized spacial score (nSPS) is 42.3. The van der Waals surface area contributed by atoms with Gasteiger partial charge >= 0.3 is 0 Å². The van der Waals surface area contributed by atoms with Crippen molar-refractivity contribution in [3.05, 3.63) is 24.3 Å². The predicted molar refractivity (Wildman–Crippen MR) is 54.7 cm³/mol. The first-order chi connectivity index (χ1) is 7.20. The van der Waals surface area contributed by atoms with E-state index in [-0.39, 0.29) is 29.7 Å². The number of nitrogens with zero attached hydrogens (tertiary/aromatic N) is 1. The maximum Gasteiger partial charge on any atom is 0.237 e. The Balaban J connectivity index is 1.93. The Morgan fingerprint density at radius 2 is 1.60 bits per heavy atom. The summed E-state index contributed by atoms with van der Waals surface area (Å²) in [5.41, 5.74) is 0. The molecular formula is C12H13NO2. The average molecular weight is 203 g/mol. The van der Waals surface area contributed by atoms with E-state index in [0.29, 0.717) is 5.92 Å². The van der Waals surface area contributed by atoms with E-state index in [1.807, 2.05) is 24.3 Å². The largest absolute Gasteiger partial charge is 0.278 e. The number of carbonyl (C=O) groups is 2. The third-order valence-electron chi connectivity index (χ3n) is 3.58. The number of rotatable bonds is 1. The molecule has 4 atom stereocenters. The van der Waals surface area contributed by atoms with Gasteiger partial charge in [-0.05, 0) is 12.3 Å². The lowest BCUT2D eigenvalue weighted by atomic mass is 9.91. The van der Waals surface area contributed by atoms with Crippen molar-refractivity contribution in [2.45, 2.75) is 19.4 Å². The van der Waals surface area contributed by atoms with E-state index in [0.717, 1.165) is 6.42 Å². The molecule has 0 aromatic heterocycles. The molecule has 3 aliphatic rings. The summed E-state index contributed by atoms with van der Waals surface area (Å²) in [7, 11) is 0. The molecule has 3 unspecified atom stereocenters. The summed E-state index contributed by atoms with van der Waals surface area (Å²) in [6.45, 7) is 2.08. The van der Waals surface area contributed by atoms with Crippen LogP contribution in [0.3, 0.4) is 0 Å². The lowest BCUT2D eigenvalue weighted by Crippen LogP contribution is -2.33. The Labute approximate surface area is 88.4 Å². The first-order valence-electron chi connectivity index (χ1n) is 5.42. The Bertz CT molecular complexity index is 366. The molecule has 3 rings (SSSR count). The van der Waals surface area contributed by atoms with Crippen LogP contribution in [-0.2, 0) is 9.59 Å². The fourth-order valence-corrected chi connectivity index (χ4v) is 2.50. The van der Waals surface area contributed by atoms with Gasteiger partial charge < -0.3 is 0 Å². The van der Waals surface area contributed by atoms with Crippen LogP contribution in [0.15, 0.2) is 24.3 Å². The Morgan fingerprint density at radius 1 is 1.13 bits per heavy atom. The van der Waals surface area contributed by atoms with Crippen LogP contribution in [0.2, 0.25) is 0 Å². The molecule has 0 N–H and O–H groups in total. The average Bonchev–Trinajstić information content (AvgIpc) is 2.89. The number of amides is 2. The summed E-state index contributed by atoms with van der Waals surface area (Å²) in [5.74, 6) is 0.0384. The van der Waals surface area contributed by atoms with E-state index in [2.05, 4.69) is 6.92 Å². The number of allylic oxidation sites excluding steroid dienone is 2. The summed E-state index contributed by atoms with van der Waals surface area (Å²) >= 11 is 0. The molecule has 0 bridgehead atoms. The van der Waals surface area contributed by atoms with Crippen molar-refractivity contribution in [1.29, 1.82) is 0 Å². The van der Waals surface area contributed by atoms with Gasteiger partial charge in [0.05, 0.1) is 11.8 Å². The van der Waals surface area contributed by atoms with Crippen LogP contribution >= 0.6 is 0 Å². The smallest absolute Gasteiger partial charge is 0.237 e. The van der Waals surface area contributed by atoms with E-state index < -0.39 is 0 Å². The van der Waals surface area contributed by atoms with E-state index in [9.17, 15) is 9.59 Å². The van der Waals surface area contributed by atoms with E-state index in [1.165, 1.54) is 4.90 Å². The maximum absolute atomic E-state index is 12.0. The molecule has 78 valence electrons. The van der Waals surface area contributed by atoms with Crippen LogP contribution in [0, 0.1) is 17.8 Å². The highest BCUT2D eigenvalue weighted by Crippen LogP contribution is 2.42. The van der Waals surface area contributed by atoms with Gasteiger partial charge in [0, 0.05) is 6.04 Å². The van der Waals surface area contributed by atoms with Crippen molar-refractivity contribution in [1.82, 2.24) is 4.90 Å². The van der Waals surface area contributed by atoms with Crippen molar-refractivity contribution in [3.63, 3.8) is 0 Å².